The molecule has 2 N–H and O–H groups in total. The number of hydrogen-bond acceptors (Lipinski definition) is 2. The van der Waals surface area contributed by atoms with Gasteiger partial charge < -0.3 is 0 Å². The molecule has 1 aliphatic carbocycles. The number of rotatable bonds is 2. The van der Waals surface area contributed by atoms with Crippen molar-refractivity contribution in [2.75, 3.05) is 5.75 Å². The Morgan fingerprint density at radius 3 is 2.71 bits per heavy atom. The Morgan fingerprint density at radius 1 is 1.86 bits per heavy atom. The van der Waals surface area contributed by atoms with E-state index in [-0.39, 0.29) is 0 Å². The van der Waals surface area contributed by atoms with Gasteiger partial charge in [0.15, 0.2) is 0 Å². The first-order valence-electron chi connectivity index (χ1n) is 2.42. The Kier molecular flexibility index (Phi) is 1.77. The third-order valence-electron chi connectivity index (χ3n) is 1.16. The third-order valence-corrected chi connectivity index (χ3v) is 1.78. The number of hydrogen-bond donors (Lipinski definition) is 1. The van der Waals surface area contributed by atoms with Crippen LogP contribution in [0.3, 0.4) is 0 Å². The lowest BCUT2D eigenvalue weighted by molar-refractivity contribution is 0.693. The van der Waals surface area contributed by atoms with Crippen LogP contribution >= 0.6 is 11.9 Å². The highest BCUT2D eigenvalue weighted by Gasteiger charge is 2.07. The van der Waals surface area contributed by atoms with Gasteiger partial charge in [0, 0.05) is 5.75 Å². The van der Waals surface area contributed by atoms with Crippen LogP contribution in [0, 0.1) is 5.92 Å². The van der Waals surface area contributed by atoms with Gasteiger partial charge in [-0.1, -0.05) is 24.1 Å². The maximum atomic E-state index is 5.22. The summed E-state index contributed by atoms with van der Waals surface area (Å²) in [5, 5.41) is 5.22. The van der Waals surface area contributed by atoms with Gasteiger partial charge in [-0.15, -0.1) is 0 Å². The van der Waals surface area contributed by atoms with Crippen LogP contribution in [0.4, 0.5) is 0 Å². The van der Waals surface area contributed by atoms with E-state index in [1.54, 1.807) is 0 Å². The van der Waals surface area contributed by atoms with E-state index in [4.69, 9.17) is 5.14 Å². The zero-order valence-electron chi connectivity index (χ0n) is 4.13. The lowest BCUT2D eigenvalue weighted by Gasteiger charge is -2.14. The van der Waals surface area contributed by atoms with Gasteiger partial charge in [0.05, 0.1) is 0 Å². The van der Waals surface area contributed by atoms with Crippen LogP contribution in [0.2, 0.25) is 0 Å². The highest BCUT2D eigenvalue weighted by Crippen LogP contribution is 2.18. The zero-order chi connectivity index (χ0) is 5.11. The normalized spacial score (nSPS) is 27.3. The molecule has 40 valence electrons. The molecule has 0 aromatic heterocycles. The molecule has 0 aromatic rings. The van der Waals surface area contributed by atoms with Gasteiger partial charge in [0.25, 0.3) is 0 Å². The van der Waals surface area contributed by atoms with E-state index in [0.29, 0.717) is 0 Å². The fourth-order valence-electron chi connectivity index (χ4n) is 0.576. The summed E-state index contributed by atoms with van der Waals surface area (Å²) in [6.45, 7) is 0. The highest BCUT2D eigenvalue weighted by atomic mass is 32.2. The minimum Gasteiger partial charge on any atom is -0.278 e. The summed E-state index contributed by atoms with van der Waals surface area (Å²) in [5.41, 5.74) is 0. The van der Waals surface area contributed by atoms with Crippen LogP contribution < -0.4 is 5.14 Å². The van der Waals surface area contributed by atoms with Crippen molar-refractivity contribution in [3.05, 3.63) is 12.2 Å². The van der Waals surface area contributed by atoms with Gasteiger partial charge in [-0.25, -0.2) is 0 Å². The van der Waals surface area contributed by atoms with Gasteiger partial charge >= 0.3 is 0 Å². The van der Waals surface area contributed by atoms with Crippen molar-refractivity contribution < 1.29 is 0 Å². The molecule has 0 radical (unpaired) electrons. The summed E-state index contributed by atoms with van der Waals surface area (Å²) in [5.74, 6) is 1.88. The van der Waals surface area contributed by atoms with E-state index in [1.807, 2.05) is 0 Å². The Balaban J connectivity index is 2.06. The first-order chi connectivity index (χ1) is 3.43. The summed E-state index contributed by atoms with van der Waals surface area (Å²) in [6, 6.07) is 0. The molecule has 1 rings (SSSR count). The smallest absolute Gasteiger partial charge is 0.0142 e. The molecular weight excluding hydrogens is 106 g/mol. The predicted molar refractivity (Wildman–Crippen MR) is 33.9 cm³/mol. The van der Waals surface area contributed by atoms with Crippen molar-refractivity contribution in [2.24, 2.45) is 11.1 Å². The number of allylic oxidation sites excluding steroid dienone is 2. The van der Waals surface area contributed by atoms with E-state index in [0.717, 1.165) is 11.7 Å². The highest BCUT2D eigenvalue weighted by molar-refractivity contribution is 7.97. The largest absolute Gasteiger partial charge is 0.278 e. The quantitative estimate of drug-likeness (QED) is 0.432. The predicted octanol–water partition coefficient (Wildman–Crippen LogP) is 1.17. The molecule has 0 aromatic carbocycles. The molecule has 1 atom stereocenters. The molecule has 0 unspecified atom stereocenters. The fourth-order valence-corrected chi connectivity index (χ4v) is 1.07. The summed E-state index contributed by atoms with van der Waals surface area (Å²) >= 11 is 1.43. The molecular formula is C5H9NS. The van der Waals surface area contributed by atoms with Crippen LogP contribution in [-0.2, 0) is 0 Å². The minimum absolute atomic E-state index is 0.787. The van der Waals surface area contributed by atoms with E-state index >= 15 is 0 Å². The Morgan fingerprint density at radius 2 is 2.57 bits per heavy atom. The molecule has 0 aliphatic heterocycles. The average Bonchev–Trinajstić information content (AvgIpc) is 1.55. The monoisotopic (exact) mass is 115 g/mol. The maximum Gasteiger partial charge on any atom is 0.0142 e. The third kappa shape index (κ3) is 1.21. The van der Waals surface area contributed by atoms with Gasteiger partial charge in [0.1, 0.15) is 0 Å². The lowest BCUT2D eigenvalue weighted by Crippen LogP contribution is -2.06. The minimum atomic E-state index is 0.787. The summed E-state index contributed by atoms with van der Waals surface area (Å²) in [6.07, 6.45) is 5.63. The molecule has 0 spiro atoms. The molecule has 0 saturated carbocycles. The number of nitrogens with two attached hydrogens (primary N) is 1. The summed E-state index contributed by atoms with van der Waals surface area (Å²) in [7, 11) is 0. The first-order valence-corrected chi connectivity index (χ1v) is 3.46. The second-order valence-electron chi connectivity index (χ2n) is 1.76. The van der Waals surface area contributed by atoms with E-state index in [1.165, 1.54) is 18.4 Å². The summed E-state index contributed by atoms with van der Waals surface area (Å²) < 4.78 is 0. The zero-order valence-corrected chi connectivity index (χ0v) is 4.95. The van der Waals surface area contributed by atoms with Crippen LogP contribution in [0.15, 0.2) is 12.2 Å². The SMILES string of the molecule is NSC[C@@H]1C=CC1. The van der Waals surface area contributed by atoms with Gasteiger partial charge in [-0.05, 0) is 12.3 Å². The first kappa shape index (κ1) is 5.19. The standard InChI is InChI=1S/C5H9NS/c6-7-4-5-2-1-3-5/h1-2,5H,3-4,6H2/t5-/m1/s1. The Hall–Kier alpha value is 0.0500. The summed E-state index contributed by atoms with van der Waals surface area (Å²) in [4.78, 5) is 0. The molecule has 1 nitrogen and oxygen atoms in total. The van der Waals surface area contributed by atoms with E-state index < -0.39 is 0 Å². The molecule has 0 heterocycles. The Labute approximate surface area is 48.1 Å². The van der Waals surface area contributed by atoms with Crippen LogP contribution in [0.5, 0.6) is 0 Å². The second kappa shape index (κ2) is 2.38. The topological polar surface area (TPSA) is 26.0 Å². The van der Waals surface area contributed by atoms with Gasteiger partial charge in [-0.3, -0.25) is 5.14 Å². The molecule has 7 heavy (non-hydrogen) atoms. The molecule has 2 heteroatoms. The molecule has 0 bridgehead atoms. The fraction of sp³-hybridized carbons (Fsp3) is 0.600. The van der Waals surface area contributed by atoms with Crippen molar-refractivity contribution in [2.45, 2.75) is 6.42 Å². The van der Waals surface area contributed by atoms with Crippen LogP contribution in [-0.4, -0.2) is 5.75 Å². The molecule has 1 aliphatic rings. The van der Waals surface area contributed by atoms with Crippen LogP contribution in [0.25, 0.3) is 0 Å². The molecule has 0 fully saturated rings. The van der Waals surface area contributed by atoms with Crippen molar-refractivity contribution in [3.63, 3.8) is 0 Å². The van der Waals surface area contributed by atoms with Crippen molar-refractivity contribution in [3.8, 4) is 0 Å². The van der Waals surface area contributed by atoms with E-state index in [2.05, 4.69) is 12.2 Å². The molecule has 0 saturated heterocycles. The average molecular weight is 115 g/mol. The van der Waals surface area contributed by atoms with Crippen LogP contribution in [0.1, 0.15) is 6.42 Å². The Bertz CT molecular complexity index is 80.1. The van der Waals surface area contributed by atoms with Gasteiger partial charge in [-0.2, -0.15) is 0 Å². The van der Waals surface area contributed by atoms with Gasteiger partial charge in [0.2, 0.25) is 0 Å². The molecule has 0 amide bonds. The van der Waals surface area contributed by atoms with E-state index in [9.17, 15) is 0 Å². The lowest BCUT2D eigenvalue weighted by atomic mass is 9.98. The maximum absolute atomic E-state index is 5.22. The van der Waals surface area contributed by atoms with Crippen molar-refractivity contribution >= 4 is 11.9 Å². The van der Waals surface area contributed by atoms with Crippen molar-refractivity contribution in [1.29, 1.82) is 0 Å². The van der Waals surface area contributed by atoms with Crippen molar-refractivity contribution in [1.82, 2.24) is 0 Å². The second-order valence-corrected chi connectivity index (χ2v) is 2.42.